The van der Waals surface area contributed by atoms with Crippen LogP contribution in [-0.2, 0) is 9.59 Å². The average Bonchev–Trinajstić information content (AvgIpc) is 3.38. The summed E-state index contributed by atoms with van der Waals surface area (Å²) in [7, 11) is 0. The molecule has 2 saturated heterocycles. The molecule has 2 aromatic carbocycles. The maximum atomic E-state index is 13.1. The largest absolute Gasteiger partial charge is 0.358 e. The van der Waals surface area contributed by atoms with Gasteiger partial charge in [0.05, 0.1) is 0 Å². The molecule has 1 unspecified atom stereocenters. The van der Waals surface area contributed by atoms with Gasteiger partial charge in [-0.3, -0.25) is 9.59 Å². The molecule has 6 heteroatoms. The van der Waals surface area contributed by atoms with Gasteiger partial charge in [0.15, 0.2) is 0 Å². The fourth-order valence-electron chi connectivity index (χ4n) is 4.73. The minimum absolute atomic E-state index is 0.0217. The summed E-state index contributed by atoms with van der Waals surface area (Å²) >= 11 is 5.95. The van der Waals surface area contributed by atoms with E-state index in [1.165, 1.54) is 11.1 Å². The van der Waals surface area contributed by atoms with Crippen LogP contribution in [0.25, 0.3) is 10.9 Å². The number of carbonyl (C=O) groups excluding carboxylic acids is 2. The van der Waals surface area contributed by atoms with Crippen LogP contribution < -0.4 is 4.90 Å². The van der Waals surface area contributed by atoms with Crippen molar-refractivity contribution in [2.75, 3.05) is 24.5 Å². The molecule has 1 N–H and O–H groups in total. The molecule has 154 valence electrons. The third-order valence-corrected chi connectivity index (χ3v) is 6.69. The summed E-state index contributed by atoms with van der Waals surface area (Å²) in [6.07, 6.45) is 2.41. The van der Waals surface area contributed by atoms with Crippen molar-refractivity contribution in [3.63, 3.8) is 0 Å². The topological polar surface area (TPSA) is 56.4 Å². The first-order valence-electron chi connectivity index (χ1n) is 10.5. The van der Waals surface area contributed by atoms with Crippen molar-refractivity contribution >= 4 is 40.0 Å². The van der Waals surface area contributed by atoms with E-state index in [0.717, 1.165) is 24.0 Å². The lowest BCUT2D eigenvalue weighted by Gasteiger charge is -2.33. The zero-order valence-electron chi connectivity index (χ0n) is 16.7. The van der Waals surface area contributed by atoms with Crippen LogP contribution in [0.15, 0.2) is 54.6 Å². The van der Waals surface area contributed by atoms with Gasteiger partial charge in [-0.2, -0.15) is 0 Å². The highest BCUT2D eigenvalue weighted by Gasteiger charge is 2.40. The van der Waals surface area contributed by atoms with Gasteiger partial charge < -0.3 is 14.8 Å². The Morgan fingerprint density at radius 3 is 2.43 bits per heavy atom. The highest BCUT2D eigenvalue weighted by molar-refractivity contribution is 6.30. The Labute approximate surface area is 180 Å². The van der Waals surface area contributed by atoms with Crippen molar-refractivity contribution in [1.82, 2.24) is 9.88 Å². The van der Waals surface area contributed by atoms with Crippen molar-refractivity contribution in [3.8, 4) is 0 Å². The summed E-state index contributed by atoms with van der Waals surface area (Å²) < 4.78 is 0. The Hall–Kier alpha value is -2.79. The number of amides is 2. The molecule has 2 aliphatic rings. The van der Waals surface area contributed by atoms with E-state index < -0.39 is 5.92 Å². The number of carbonyl (C=O) groups is 2. The van der Waals surface area contributed by atoms with E-state index >= 15 is 0 Å². The number of piperidine rings is 1. The number of benzene rings is 2. The first-order valence-corrected chi connectivity index (χ1v) is 10.9. The summed E-state index contributed by atoms with van der Waals surface area (Å²) in [6, 6.07) is 17.7. The quantitative estimate of drug-likeness (QED) is 0.629. The van der Waals surface area contributed by atoms with E-state index in [4.69, 9.17) is 11.6 Å². The summed E-state index contributed by atoms with van der Waals surface area (Å²) in [6.45, 7) is 1.97. The Morgan fingerprint density at radius 2 is 1.70 bits per heavy atom. The number of aromatic nitrogens is 1. The number of likely N-dealkylation sites (tertiary alicyclic amines) is 1. The number of rotatable bonds is 3. The van der Waals surface area contributed by atoms with Crippen LogP contribution in [0, 0.1) is 5.92 Å². The number of hydrogen-bond donors (Lipinski definition) is 1. The van der Waals surface area contributed by atoms with Crippen molar-refractivity contribution < 1.29 is 9.59 Å². The standard InChI is InChI=1S/C24H24ClN3O2/c25-18-5-7-19(8-6-18)28-14-11-20(24(28)30)23(29)27-12-9-16(10-13-27)22-15-17-3-1-2-4-21(17)26-22/h1-8,15-16,20,26H,9-14H2. The van der Waals surface area contributed by atoms with E-state index in [9.17, 15) is 9.59 Å². The lowest BCUT2D eigenvalue weighted by Crippen LogP contribution is -2.43. The zero-order valence-corrected chi connectivity index (χ0v) is 17.4. The van der Waals surface area contributed by atoms with Gasteiger partial charge >= 0.3 is 0 Å². The van der Waals surface area contributed by atoms with Crippen LogP contribution in [0.2, 0.25) is 5.02 Å². The molecule has 5 nitrogen and oxygen atoms in total. The second-order valence-electron chi connectivity index (χ2n) is 8.22. The smallest absolute Gasteiger partial charge is 0.239 e. The zero-order chi connectivity index (χ0) is 20.7. The van der Waals surface area contributed by atoms with Crippen LogP contribution >= 0.6 is 11.6 Å². The van der Waals surface area contributed by atoms with Crippen molar-refractivity contribution in [2.45, 2.75) is 25.2 Å². The number of hydrogen-bond acceptors (Lipinski definition) is 2. The molecule has 1 atom stereocenters. The molecule has 2 aliphatic heterocycles. The van der Waals surface area contributed by atoms with Crippen LogP contribution in [0.3, 0.4) is 0 Å². The second kappa shape index (κ2) is 7.80. The third-order valence-electron chi connectivity index (χ3n) is 6.44. The molecule has 2 fully saturated rings. The lowest BCUT2D eigenvalue weighted by molar-refractivity contribution is -0.140. The van der Waals surface area contributed by atoms with Crippen LogP contribution in [0.1, 0.15) is 30.9 Å². The van der Waals surface area contributed by atoms with Gasteiger partial charge in [-0.1, -0.05) is 29.8 Å². The van der Waals surface area contributed by atoms with E-state index in [0.29, 0.717) is 37.0 Å². The minimum Gasteiger partial charge on any atom is -0.358 e. The number of H-pyrrole nitrogens is 1. The Kier molecular flexibility index (Phi) is 4.99. The number of anilines is 1. The molecule has 30 heavy (non-hydrogen) atoms. The molecule has 3 aromatic rings. The molecule has 0 spiro atoms. The fraction of sp³-hybridized carbons (Fsp3) is 0.333. The van der Waals surface area contributed by atoms with Gasteiger partial charge in [0.25, 0.3) is 0 Å². The predicted octanol–water partition coefficient (Wildman–Crippen LogP) is 4.58. The first-order chi connectivity index (χ1) is 14.6. The number of nitrogens with one attached hydrogen (secondary N) is 1. The highest BCUT2D eigenvalue weighted by atomic mass is 35.5. The molecule has 2 amide bonds. The fourth-order valence-corrected chi connectivity index (χ4v) is 4.86. The van der Waals surface area contributed by atoms with E-state index in [2.05, 4.69) is 23.2 Å². The van der Waals surface area contributed by atoms with Crippen LogP contribution in [-0.4, -0.2) is 41.3 Å². The summed E-state index contributed by atoms with van der Waals surface area (Å²) in [5, 5.41) is 1.86. The number of fused-ring (bicyclic) bond motifs is 1. The SMILES string of the molecule is O=C(C1CCN(c2ccc(Cl)cc2)C1=O)N1CCC(c2cc3ccccc3[nH]2)CC1. The van der Waals surface area contributed by atoms with Crippen molar-refractivity contribution in [2.24, 2.45) is 5.92 Å². The van der Waals surface area contributed by atoms with E-state index in [-0.39, 0.29) is 11.8 Å². The van der Waals surface area contributed by atoms with Gasteiger partial charge in [-0.25, -0.2) is 0 Å². The molecule has 0 radical (unpaired) electrons. The predicted molar refractivity (Wildman–Crippen MR) is 119 cm³/mol. The number of para-hydroxylation sites is 1. The Morgan fingerprint density at radius 1 is 0.967 bits per heavy atom. The van der Waals surface area contributed by atoms with E-state index in [1.807, 2.05) is 29.2 Å². The summed E-state index contributed by atoms with van der Waals surface area (Å²) in [5.41, 5.74) is 3.20. The molecule has 3 heterocycles. The van der Waals surface area contributed by atoms with Gasteiger partial charge in [0.1, 0.15) is 5.92 Å². The molecular weight excluding hydrogens is 398 g/mol. The lowest BCUT2D eigenvalue weighted by atomic mass is 9.92. The molecule has 5 rings (SSSR count). The van der Waals surface area contributed by atoms with Gasteiger partial charge in [0, 0.05) is 47.5 Å². The maximum Gasteiger partial charge on any atom is 0.239 e. The number of aromatic amines is 1. The molecule has 0 bridgehead atoms. The Balaban J connectivity index is 1.22. The normalized spacial score (nSPS) is 20.3. The highest BCUT2D eigenvalue weighted by Crippen LogP contribution is 2.32. The molecule has 0 aliphatic carbocycles. The summed E-state index contributed by atoms with van der Waals surface area (Å²) in [5.74, 6) is -0.261. The minimum atomic E-state index is -0.565. The van der Waals surface area contributed by atoms with Crippen LogP contribution in [0.5, 0.6) is 0 Å². The Bertz CT molecular complexity index is 1050. The number of nitrogens with zero attached hydrogens (tertiary/aromatic N) is 2. The van der Waals surface area contributed by atoms with E-state index in [1.54, 1.807) is 17.0 Å². The molecular formula is C24H24ClN3O2. The first kappa shape index (κ1) is 19.2. The maximum absolute atomic E-state index is 13.1. The second-order valence-corrected chi connectivity index (χ2v) is 8.66. The van der Waals surface area contributed by atoms with Crippen molar-refractivity contribution in [3.05, 3.63) is 65.3 Å². The van der Waals surface area contributed by atoms with Gasteiger partial charge in [-0.05, 0) is 61.0 Å². The molecule has 0 saturated carbocycles. The third kappa shape index (κ3) is 3.47. The average molecular weight is 422 g/mol. The molecule has 1 aromatic heterocycles. The van der Waals surface area contributed by atoms with Crippen LogP contribution in [0.4, 0.5) is 5.69 Å². The van der Waals surface area contributed by atoms with Gasteiger partial charge in [0.2, 0.25) is 11.8 Å². The number of halogens is 1. The summed E-state index contributed by atoms with van der Waals surface area (Å²) in [4.78, 5) is 33.1. The van der Waals surface area contributed by atoms with Crippen molar-refractivity contribution in [1.29, 1.82) is 0 Å². The van der Waals surface area contributed by atoms with Gasteiger partial charge in [-0.15, -0.1) is 0 Å². The monoisotopic (exact) mass is 421 g/mol.